The number of halogens is 1. The van der Waals surface area contributed by atoms with Crippen molar-refractivity contribution in [3.8, 4) is 0 Å². The number of ether oxygens (including phenoxy) is 1. The first kappa shape index (κ1) is 19.6. The predicted octanol–water partition coefficient (Wildman–Crippen LogP) is 2.55. The Morgan fingerprint density at radius 2 is 2.20 bits per heavy atom. The number of rotatable bonds is 8. The number of nitrogens with zero attached hydrogens (tertiary/aromatic N) is 2. The van der Waals surface area contributed by atoms with Crippen LogP contribution in [0.3, 0.4) is 0 Å². The number of hydrogen-bond acceptors (Lipinski definition) is 4. The summed E-state index contributed by atoms with van der Waals surface area (Å²) in [5.41, 5.74) is 2.93. The Balaban J connectivity index is 0.00000361. The molecule has 0 fully saturated rings. The van der Waals surface area contributed by atoms with Gasteiger partial charge in [-0.05, 0) is 27.2 Å². The van der Waals surface area contributed by atoms with Gasteiger partial charge >= 0.3 is 0 Å². The second-order valence-electron chi connectivity index (χ2n) is 4.03. The molecule has 1 heterocycles. The van der Waals surface area contributed by atoms with Crippen molar-refractivity contribution in [2.24, 2.45) is 4.99 Å². The standard InChI is InChI=1S/C13H24N4OS.HI/c1-4-14-13(15-7-6-8-18-5-2)16-9-12-11(3)17-10-19-12;/h10H,4-9H2,1-3H3,(H2,14,15,16);1H. The molecule has 0 amide bonds. The van der Waals surface area contributed by atoms with E-state index in [0.29, 0.717) is 6.54 Å². The lowest BCUT2D eigenvalue weighted by molar-refractivity contribution is 0.145. The largest absolute Gasteiger partial charge is 0.382 e. The molecule has 0 saturated heterocycles. The van der Waals surface area contributed by atoms with Crippen LogP contribution >= 0.6 is 35.3 Å². The van der Waals surface area contributed by atoms with Crippen molar-refractivity contribution in [2.45, 2.75) is 33.7 Å². The third kappa shape index (κ3) is 8.01. The van der Waals surface area contributed by atoms with Crippen LogP contribution < -0.4 is 10.6 Å². The summed E-state index contributed by atoms with van der Waals surface area (Å²) < 4.78 is 5.30. The molecule has 0 radical (unpaired) electrons. The summed E-state index contributed by atoms with van der Waals surface area (Å²) in [5.74, 6) is 0.854. The molecule has 1 rings (SSSR count). The Kier molecular flexibility index (Phi) is 12.1. The molecule has 0 unspecified atom stereocenters. The van der Waals surface area contributed by atoms with E-state index >= 15 is 0 Å². The Labute approximate surface area is 142 Å². The van der Waals surface area contributed by atoms with Crippen LogP contribution in [0.2, 0.25) is 0 Å². The number of nitrogens with one attached hydrogen (secondary N) is 2. The van der Waals surface area contributed by atoms with Crippen LogP contribution in [0.1, 0.15) is 30.8 Å². The molecule has 0 spiro atoms. The second-order valence-corrected chi connectivity index (χ2v) is 4.97. The Bertz CT molecular complexity index is 384. The number of hydrogen-bond donors (Lipinski definition) is 2. The maximum Gasteiger partial charge on any atom is 0.191 e. The summed E-state index contributed by atoms with van der Waals surface area (Å²) in [4.78, 5) is 10.0. The molecule has 2 N–H and O–H groups in total. The van der Waals surface area contributed by atoms with Crippen LogP contribution in [-0.4, -0.2) is 37.2 Å². The first-order valence-corrected chi connectivity index (χ1v) is 7.64. The van der Waals surface area contributed by atoms with Gasteiger partial charge in [-0.3, -0.25) is 0 Å². The number of aliphatic imine (C=N–C) groups is 1. The first-order chi connectivity index (χ1) is 9.27. The fourth-order valence-electron chi connectivity index (χ4n) is 1.50. The lowest BCUT2D eigenvalue weighted by Gasteiger charge is -2.11. The van der Waals surface area contributed by atoms with Gasteiger partial charge in [0.15, 0.2) is 5.96 Å². The van der Waals surface area contributed by atoms with E-state index in [-0.39, 0.29) is 24.0 Å². The average molecular weight is 412 g/mol. The van der Waals surface area contributed by atoms with Gasteiger partial charge in [0.1, 0.15) is 0 Å². The van der Waals surface area contributed by atoms with Crippen LogP contribution in [0, 0.1) is 6.92 Å². The third-order valence-corrected chi connectivity index (χ3v) is 3.45. The maximum absolute atomic E-state index is 5.30. The summed E-state index contributed by atoms with van der Waals surface area (Å²) in [5, 5.41) is 6.54. The third-order valence-electron chi connectivity index (χ3n) is 2.53. The average Bonchev–Trinajstić information content (AvgIpc) is 2.81. The lowest BCUT2D eigenvalue weighted by Crippen LogP contribution is -2.38. The van der Waals surface area contributed by atoms with Crippen molar-refractivity contribution < 1.29 is 4.74 Å². The molecule has 0 atom stereocenters. The zero-order chi connectivity index (χ0) is 13.9. The van der Waals surface area contributed by atoms with Gasteiger partial charge in [0, 0.05) is 31.2 Å². The van der Waals surface area contributed by atoms with Crippen LogP contribution in [0.5, 0.6) is 0 Å². The Morgan fingerprint density at radius 1 is 1.40 bits per heavy atom. The lowest BCUT2D eigenvalue weighted by atomic mass is 10.4. The van der Waals surface area contributed by atoms with Crippen molar-refractivity contribution in [3.63, 3.8) is 0 Å². The summed E-state index contributed by atoms with van der Waals surface area (Å²) in [6.07, 6.45) is 0.984. The van der Waals surface area contributed by atoms with Crippen LogP contribution in [0.15, 0.2) is 10.5 Å². The van der Waals surface area contributed by atoms with Gasteiger partial charge in [-0.25, -0.2) is 9.98 Å². The van der Waals surface area contributed by atoms with E-state index in [2.05, 4.69) is 27.5 Å². The summed E-state index contributed by atoms with van der Waals surface area (Å²) in [6.45, 7) is 10.1. The summed E-state index contributed by atoms with van der Waals surface area (Å²) in [6, 6.07) is 0. The zero-order valence-corrected chi connectivity index (χ0v) is 15.6. The smallest absolute Gasteiger partial charge is 0.191 e. The van der Waals surface area contributed by atoms with Gasteiger partial charge in [0.2, 0.25) is 0 Å². The predicted molar refractivity (Wildman–Crippen MR) is 96.2 cm³/mol. The van der Waals surface area contributed by atoms with E-state index in [4.69, 9.17) is 4.74 Å². The van der Waals surface area contributed by atoms with Gasteiger partial charge < -0.3 is 15.4 Å². The van der Waals surface area contributed by atoms with Crippen LogP contribution in [0.4, 0.5) is 0 Å². The summed E-state index contributed by atoms with van der Waals surface area (Å²) in [7, 11) is 0. The molecule has 0 aromatic carbocycles. The summed E-state index contributed by atoms with van der Waals surface area (Å²) >= 11 is 1.65. The maximum atomic E-state index is 5.30. The number of thiazole rings is 1. The molecule has 1 aromatic rings. The quantitative estimate of drug-likeness (QED) is 0.298. The van der Waals surface area contributed by atoms with Gasteiger partial charge in [-0.15, -0.1) is 35.3 Å². The molecule has 0 aliphatic carbocycles. The molecule has 7 heteroatoms. The topological polar surface area (TPSA) is 58.5 Å². The molecular weight excluding hydrogens is 387 g/mol. The van der Waals surface area contributed by atoms with Crippen LogP contribution in [-0.2, 0) is 11.3 Å². The molecule has 0 bridgehead atoms. The van der Waals surface area contributed by atoms with Gasteiger partial charge in [-0.2, -0.15) is 0 Å². The minimum absolute atomic E-state index is 0. The number of aryl methyl sites for hydroxylation is 1. The van der Waals surface area contributed by atoms with Crippen molar-refractivity contribution in [1.29, 1.82) is 0 Å². The van der Waals surface area contributed by atoms with E-state index in [9.17, 15) is 0 Å². The molecule has 0 aliphatic heterocycles. The molecule has 20 heavy (non-hydrogen) atoms. The first-order valence-electron chi connectivity index (χ1n) is 6.76. The molecule has 1 aromatic heterocycles. The van der Waals surface area contributed by atoms with E-state index < -0.39 is 0 Å². The minimum atomic E-state index is 0. The zero-order valence-electron chi connectivity index (χ0n) is 12.4. The molecule has 116 valence electrons. The molecule has 0 saturated carbocycles. The Hall–Kier alpha value is -0.410. The van der Waals surface area contributed by atoms with Crippen molar-refractivity contribution in [2.75, 3.05) is 26.3 Å². The molecule has 5 nitrogen and oxygen atoms in total. The fourth-order valence-corrected chi connectivity index (χ4v) is 2.20. The molecular formula is C13H25IN4OS. The van der Waals surface area contributed by atoms with Crippen molar-refractivity contribution >= 4 is 41.3 Å². The highest BCUT2D eigenvalue weighted by Gasteiger charge is 2.01. The highest BCUT2D eigenvalue weighted by atomic mass is 127. The van der Waals surface area contributed by atoms with Crippen molar-refractivity contribution in [1.82, 2.24) is 15.6 Å². The van der Waals surface area contributed by atoms with E-state index in [0.717, 1.165) is 44.4 Å². The fraction of sp³-hybridized carbons (Fsp3) is 0.692. The minimum Gasteiger partial charge on any atom is -0.382 e. The normalized spacial score (nSPS) is 11.1. The molecule has 0 aliphatic rings. The number of guanidine groups is 1. The highest BCUT2D eigenvalue weighted by molar-refractivity contribution is 14.0. The SMILES string of the molecule is CCNC(=NCc1scnc1C)NCCCOCC.I. The van der Waals surface area contributed by atoms with Crippen LogP contribution in [0.25, 0.3) is 0 Å². The van der Waals surface area contributed by atoms with E-state index in [1.807, 2.05) is 19.4 Å². The second kappa shape index (κ2) is 12.3. The van der Waals surface area contributed by atoms with E-state index in [1.54, 1.807) is 11.3 Å². The van der Waals surface area contributed by atoms with Crippen molar-refractivity contribution in [3.05, 3.63) is 16.1 Å². The number of aromatic nitrogens is 1. The van der Waals surface area contributed by atoms with Gasteiger partial charge in [0.25, 0.3) is 0 Å². The van der Waals surface area contributed by atoms with Gasteiger partial charge in [-0.1, -0.05) is 0 Å². The monoisotopic (exact) mass is 412 g/mol. The van der Waals surface area contributed by atoms with E-state index in [1.165, 1.54) is 4.88 Å². The highest BCUT2D eigenvalue weighted by Crippen LogP contribution is 2.12. The Morgan fingerprint density at radius 3 is 2.80 bits per heavy atom. The van der Waals surface area contributed by atoms with Gasteiger partial charge in [0.05, 0.1) is 17.7 Å².